The summed E-state index contributed by atoms with van der Waals surface area (Å²) in [5.74, 6) is 0.321. The Bertz CT molecular complexity index is 542. The first-order chi connectivity index (χ1) is 9.41. The first-order valence-corrected chi connectivity index (χ1v) is 8.46. The molecule has 0 aliphatic heterocycles. The highest BCUT2D eigenvalue weighted by Crippen LogP contribution is 2.27. The van der Waals surface area contributed by atoms with E-state index in [9.17, 15) is 13.5 Å². The second-order valence-corrected chi connectivity index (χ2v) is 7.04. The molecule has 1 aliphatic carbocycles. The summed E-state index contributed by atoms with van der Waals surface area (Å²) in [6.07, 6.45) is 3.27. The maximum absolute atomic E-state index is 11.2. The number of rotatable bonds is 5. The third-order valence-corrected chi connectivity index (χ3v) is 5.00. The molecule has 0 bridgehead atoms. The lowest BCUT2D eigenvalue weighted by molar-refractivity contribution is 0.200. The van der Waals surface area contributed by atoms with Gasteiger partial charge in [-0.15, -0.1) is 0 Å². The van der Waals surface area contributed by atoms with Crippen molar-refractivity contribution in [2.45, 2.75) is 43.2 Å². The number of aliphatic hydroxyl groups is 1. The van der Waals surface area contributed by atoms with Crippen LogP contribution in [0.1, 0.15) is 37.8 Å². The van der Waals surface area contributed by atoms with Gasteiger partial charge in [0.2, 0.25) is 10.0 Å². The smallest absolute Gasteiger partial charge is 0.238 e. The van der Waals surface area contributed by atoms with Crippen molar-refractivity contribution in [1.29, 1.82) is 0 Å². The molecule has 6 heteroatoms. The normalized spacial score (nSPS) is 24.8. The van der Waals surface area contributed by atoms with Crippen molar-refractivity contribution < 1.29 is 13.5 Å². The second kappa shape index (κ2) is 6.22. The molecule has 1 aromatic rings. The third-order valence-electron chi connectivity index (χ3n) is 4.07. The van der Waals surface area contributed by atoms with Crippen molar-refractivity contribution in [3.8, 4) is 0 Å². The molecule has 0 heterocycles. The molecule has 112 valence electrons. The van der Waals surface area contributed by atoms with Gasteiger partial charge in [0.1, 0.15) is 0 Å². The van der Waals surface area contributed by atoms with Gasteiger partial charge < -0.3 is 10.4 Å². The summed E-state index contributed by atoms with van der Waals surface area (Å²) in [6, 6.07) is 7.05. The quantitative estimate of drug-likeness (QED) is 0.760. The summed E-state index contributed by atoms with van der Waals surface area (Å²) in [5, 5.41) is 17.9. The SMILES string of the molecule is CC(NC1CCCC1CO)c1ccc(S(N)(=O)=O)cc1. The van der Waals surface area contributed by atoms with Gasteiger partial charge in [-0.2, -0.15) is 0 Å². The average Bonchev–Trinajstić information content (AvgIpc) is 2.85. The van der Waals surface area contributed by atoms with Gasteiger partial charge >= 0.3 is 0 Å². The number of nitrogens with two attached hydrogens (primary N) is 1. The lowest BCUT2D eigenvalue weighted by atomic mass is 10.0. The zero-order valence-corrected chi connectivity index (χ0v) is 12.4. The van der Waals surface area contributed by atoms with Crippen molar-refractivity contribution in [2.24, 2.45) is 11.1 Å². The molecule has 2 rings (SSSR count). The van der Waals surface area contributed by atoms with Crippen molar-refractivity contribution in [3.63, 3.8) is 0 Å². The Kier molecular flexibility index (Phi) is 4.80. The fourth-order valence-electron chi connectivity index (χ4n) is 2.84. The number of nitrogens with one attached hydrogen (secondary N) is 1. The molecule has 0 saturated heterocycles. The summed E-state index contributed by atoms with van der Waals surface area (Å²) >= 11 is 0. The highest BCUT2D eigenvalue weighted by Gasteiger charge is 2.27. The highest BCUT2D eigenvalue weighted by molar-refractivity contribution is 7.89. The number of hydrogen-bond donors (Lipinski definition) is 3. The summed E-state index contributed by atoms with van der Waals surface area (Å²) in [4.78, 5) is 0.127. The minimum Gasteiger partial charge on any atom is -0.396 e. The minimum atomic E-state index is -3.63. The molecule has 20 heavy (non-hydrogen) atoms. The van der Waals surface area contributed by atoms with E-state index in [-0.39, 0.29) is 17.5 Å². The van der Waals surface area contributed by atoms with Gasteiger partial charge in [-0.05, 0) is 43.4 Å². The molecule has 1 saturated carbocycles. The van der Waals surface area contributed by atoms with Crippen LogP contribution in [0.15, 0.2) is 29.2 Å². The second-order valence-electron chi connectivity index (χ2n) is 5.48. The highest BCUT2D eigenvalue weighted by atomic mass is 32.2. The zero-order chi connectivity index (χ0) is 14.8. The zero-order valence-electron chi connectivity index (χ0n) is 11.6. The van der Waals surface area contributed by atoms with Crippen molar-refractivity contribution in [1.82, 2.24) is 5.32 Å². The number of aliphatic hydroxyl groups excluding tert-OH is 1. The topological polar surface area (TPSA) is 92.4 Å². The largest absolute Gasteiger partial charge is 0.396 e. The first kappa shape index (κ1) is 15.4. The standard InChI is InChI=1S/C14H22N2O3S/c1-10(16-14-4-2-3-12(14)9-17)11-5-7-13(8-6-11)20(15,18)19/h5-8,10,12,14,16-17H,2-4,9H2,1H3,(H2,15,18,19). The van der Waals surface area contributed by atoms with Gasteiger partial charge in [0, 0.05) is 18.7 Å². The number of sulfonamides is 1. The van der Waals surface area contributed by atoms with E-state index in [1.54, 1.807) is 12.1 Å². The maximum Gasteiger partial charge on any atom is 0.238 e. The summed E-state index contributed by atoms with van der Waals surface area (Å²) in [5.41, 5.74) is 1.01. The van der Waals surface area contributed by atoms with E-state index in [0.717, 1.165) is 24.8 Å². The Morgan fingerprint density at radius 1 is 1.35 bits per heavy atom. The minimum absolute atomic E-state index is 0.113. The Morgan fingerprint density at radius 2 is 2.00 bits per heavy atom. The molecule has 1 aromatic carbocycles. The van der Waals surface area contributed by atoms with Gasteiger partial charge in [-0.3, -0.25) is 0 Å². The van der Waals surface area contributed by atoms with E-state index >= 15 is 0 Å². The summed E-state index contributed by atoms with van der Waals surface area (Å²) in [6.45, 7) is 2.26. The van der Waals surface area contributed by atoms with Gasteiger partial charge in [-0.1, -0.05) is 18.6 Å². The molecule has 3 atom stereocenters. The number of benzene rings is 1. The summed E-state index contributed by atoms with van der Waals surface area (Å²) in [7, 11) is -3.63. The molecule has 4 N–H and O–H groups in total. The molecule has 1 aliphatic rings. The van der Waals surface area contributed by atoms with E-state index < -0.39 is 10.0 Å². The fraction of sp³-hybridized carbons (Fsp3) is 0.571. The molecule has 3 unspecified atom stereocenters. The van der Waals surface area contributed by atoms with Crippen LogP contribution in [0.4, 0.5) is 0 Å². The van der Waals surface area contributed by atoms with Crippen molar-refractivity contribution >= 4 is 10.0 Å². The van der Waals surface area contributed by atoms with Crippen LogP contribution in [0.25, 0.3) is 0 Å². The Labute approximate surface area is 120 Å². The lowest BCUT2D eigenvalue weighted by Gasteiger charge is -2.24. The van der Waals surface area contributed by atoms with E-state index in [1.807, 2.05) is 6.92 Å². The van der Waals surface area contributed by atoms with E-state index in [2.05, 4.69) is 5.32 Å². The molecule has 0 aromatic heterocycles. The predicted molar refractivity (Wildman–Crippen MR) is 77.6 cm³/mol. The van der Waals surface area contributed by atoms with Crippen LogP contribution in [0, 0.1) is 5.92 Å². The van der Waals surface area contributed by atoms with Crippen LogP contribution in [0.2, 0.25) is 0 Å². The van der Waals surface area contributed by atoms with Crippen LogP contribution in [-0.2, 0) is 10.0 Å². The van der Waals surface area contributed by atoms with Crippen LogP contribution < -0.4 is 10.5 Å². The van der Waals surface area contributed by atoms with Crippen molar-refractivity contribution in [2.75, 3.05) is 6.61 Å². The Morgan fingerprint density at radius 3 is 2.55 bits per heavy atom. The molecular formula is C14H22N2O3S. The van der Waals surface area contributed by atoms with Crippen LogP contribution in [0.3, 0.4) is 0 Å². The van der Waals surface area contributed by atoms with E-state index in [0.29, 0.717) is 12.0 Å². The average molecular weight is 298 g/mol. The van der Waals surface area contributed by atoms with Crippen LogP contribution in [-0.4, -0.2) is 26.2 Å². The molecule has 0 radical (unpaired) electrons. The molecule has 5 nitrogen and oxygen atoms in total. The van der Waals surface area contributed by atoms with Crippen LogP contribution >= 0.6 is 0 Å². The van der Waals surface area contributed by atoms with Gasteiger partial charge in [0.15, 0.2) is 0 Å². The van der Waals surface area contributed by atoms with Crippen LogP contribution in [0.5, 0.6) is 0 Å². The molecule has 0 spiro atoms. The molecule has 1 fully saturated rings. The van der Waals surface area contributed by atoms with Gasteiger partial charge in [-0.25, -0.2) is 13.6 Å². The number of primary sulfonamides is 1. The summed E-state index contributed by atoms with van der Waals surface area (Å²) < 4.78 is 22.4. The monoisotopic (exact) mass is 298 g/mol. The number of hydrogen-bond acceptors (Lipinski definition) is 4. The third kappa shape index (κ3) is 3.58. The fourth-order valence-corrected chi connectivity index (χ4v) is 3.35. The van der Waals surface area contributed by atoms with E-state index in [1.165, 1.54) is 12.1 Å². The Hall–Kier alpha value is -0.950. The Balaban J connectivity index is 2.04. The predicted octanol–water partition coefficient (Wildman–Crippen LogP) is 1.15. The van der Waals surface area contributed by atoms with Gasteiger partial charge in [0.05, 0.1) is 4.90 Å². The molecule has 0 amide bonds. The van der Waals surface area contributed by atoms with E-state index in [4.69, 9.17) is 5.14 Å². The van der Waals surface area contributed by atoms with Gasteiger partial charge in [0.25, 0.3) is 0 Å². The lowest BCUT2D eigenvalue weighted by Crippen LogP contribution is -2.35. The maximum atomic E-state index is 11.2. The first-order valence-electron chi connectivity index (χ1n) is 6.91. The van der Waals surface area contributed by atoms with Crippen molar-refractivity contribution in [3.05, 3.63) is 29.8 Å². The molecular weight excluding hydrogens is 276 g/mol.